The van der Waals surface area contributed by atoms with Crippen molar-refractivity contribution in [2.75, 3.05) is 5.88 Å². The molecule has 0 saturated heterocycles. The van der Waals surface area contributed by atoms with Gasteiger partial charge in [0.15, 0.2) is 0 Å². The van der Waals surface area contributed by atoms with Crippen LogP contribution in [0, 0.1) is 0 Å². The Bertz CT molecular complexity index is 51.5. The third-order valence-corrected chi connectivity index (χ3v) is 0.555. The van der Waals surface area contributed by atoms with Gasteiger partial charge < -0.3 is 0 Å². The van der Waals surface area contributed by atoms with Gasteiger partial charge in [0.25, 0.3) is 0 Å². The lowest BCUT2D eigenvalue weighted by Crippen LogP contribution is -1.69. The molecule has 0 unspecified atom stereocenters. The lowest BCUT2D eigenvalue weighted by molar-refractivity contribution is 0.610. The Kier molecular flexibility index (Phi) is 3.14. The van der Waals surface area contributed by atoms with Gasteiger partial charge in [-0.3, -0.25) is 0 Å². The van der Waals surface area contributed by atoms with Gasteiger partial charge >= 0.3 is 0 Å². The number of alkyl halides is 1. The summed E-state index contributed by atoms with van der Waals surface area (Å²) < 4.78 is 11.4. The summed E-state index contributed by atoms with van der Waals surface area (Å²) in [6, 6.07) is 0. The van der Waals surface area contributed by atoms with Crippen molar-refractivity contribution in [2.24, 2.45) is 0 Å². The quantitative estimate of drug-likeness (QED) is 0.475. The van der Waals surface area contributed by atoms with E-state index in [0.717, 1.165) is 0 Å². The van der Waals surface area contributed by atoms with Crippen molar-refractivity contribution in [1.29, 1.82) is 0 Å². The van der Waals surface area contributed by atoms with E-state index >= 15 is 0 Å². The van der Waals surface area contributed by atoms with Crippen LogP contribution in [-0.2, 0) is 0 Å². The van der Waals surface area contributed by atoms with Crippen LogP contribution < -0.4 is 0 Å². The van der Waals surface area contributed by atoms with Crippen molar-refractivity contribution < 1.29 is 4.39 Å². The fourth-order valence-electron chi connectivity index (χ4n) is 0.103. The molecule has 2 heteroatoms. The van der Waals surface area contributed by atoms with E-state index in [1.54, 1.807) is 0 Å². The van der Waals surface area contributed by atoms with Gasteiger partial charge in [0.2, 0.25) is 0 Å². The standard InChI is InChI=1S/C4H6ClF/c1-4(6)2-3-5/h1-3H2. The van der Waals surface area contributed by atoms with Gasteiger partial charge in [-0.2, -0.15) is 0 Å². The zero-order chi connectivity index (χ0) is 4.99. The Labute approximate surface area is 41.6 Å². The molecule has 0 heterocycles. The van der Waals surface area contributed by atoms with Crippen LogP contribution in [-0.4, -0.2) is 5.88 Å². The van der Waals surface area contributed by atoms with Crippen molar-refractivity contribution in [2.45, 2.75) is 6.42 Å². The lowest BCUT2D eigenvalue weighted by atomic mass is 10.5. The third-order valence-electron chi connectivity index (χ3n) is 0.366. The van der Waals surface area contributed by atoms with E-state index < -0.39 is 0 Å². The van der Waals surface area contributed by atoms with E-state index in [9.17, 15) is 4.39 Å². The number of halogens is 2. The zero-order valence-electron chi connectivity index (χ0n) is 3.38. The highest BCUT2D eigenvalue weighted by Crippen LogP contribution is 1.98. The predicted molar refractivity (Wildman–Crippen MR) is 25.6 cm³/mol. The van der Waals surface area contributed by atoms with Crippen molar-refractivity contribution in [3.05, 3.63) is 12.4 Å². The van der Waals surface area contributed by atoms with Crippen molar-refractivity contribution in [3.63, 3.8) is 0 Å². The van der Waals surface area contributed by atoms with Crippen LogP contribution >= 0.6 is 11.6 Å². The predicted octanol–water partition coefficient (Wildman–Crippen LogP) is 2.10. The molecule has 0 aromatic rings. The minimum atomic E-state index is -0.343. The van der Waals surface area contributed by atoms with Gasteiger partial charge in [-0.1, -0.05) is 6.58 Å². The number of rotatable bonds is 2. The maximum Gasteiger partial charge on any atom is 0.0939 e. The smallest absolute Gasteiger partial charge is 0.0939 e. The van der Waals surface area contributed by atoms with Crippen molar-refractivity contribution in [1.82, 2.24) is 0 Å². The molecule has 0 atom stereocenters. The van der Waals surface area contributed by atoms with Crippen LogP contribution in [0.4, 0.5) is 4.39 Å². The SMILES string of the molecule is C=C(F)CCCl. The van der Waals surface area contributed by atoms with Gasteiger partial charge in [-0.05, 0) is 0 Å². The Morgan fingerprint density at radius 3 is 2.33 bits per heavy atom. The highest BCUT2D eigenvalue weighted by Gasteiger charge is 1.82. The average Bonchev–Trinajstić information content (AvgIpc) is 1.35. The topological polar surface area (TPSA) is 0 Å². The van der Waals surface area contributed by atoms with E-state index in [2.05, 4.69) is 6.58 Å². The number of hydrogen-bond donors (Lipinski definition) is 0. The summed E-state index contributed by atoms with van der Waals surface area (Å²) in [6.07, 6.45) is 0.279. The molecular weight excluding hydrogens is 102 g/mol. The molecule has 0 fully saturated rings. The Hall–Kier alpha value is -0.0400. The largest absolute Gasteiger partial charge is 0.212 e. The van der Waals surface area contributed by atoms with Crippen LogP contribution in [0.1, 0.15) is 6.42 Å². The molecule has 0 aliphatic rings. The van der Waals surface area contributed by atoms with Crippen LogP contribution in [0.5, 0.6) is 0 Å². The van der Waals surface area contributed by atoms with E-state index in [0.29, 0.717) is 5.88 Å². The van der Waals surface area contributed by atoms with Gasteiger partial charge in [0.1, 0.15) is 0 Å². The lowest BCUT2D eigenvalue weighted by Gasteiger charge is -1.81. The fourth-order valence-corrected chi connectivity index (χ4v) is 0.308. The van der Waals surface area contributed by atoms with E-state index in [1.165, 1.54) is 0 Å². The van der Waals surface area contributed by atoms with Crippen molar-refractivity contribution in [3.8, 4) is 0 Å². The van der Waals surface area contributed by atoms with Crippen LogP contribution in [0.15, 0.2) is 12.4 Å². The third kappa shape index (κ3) is 3.96. The Morgan fingerprint density at radius 1 is 1.83 bits per heavy atom. The Morgan fingerprint density at radius 2 is 2.33 bits per heavy atom. The molecule has 0 rings (SSSR count). The summed E-state index contributed by atoms with van der Waals surface area (Å²) in [6.45, 7) is 2.99. The highest BCUT2D eigenvalue weighted by atomic mass is 35.5. The molecule has 6 heavy (non-hydrogen) atoms. The monoisotopic (exact) mass is 108 g/mol. The summed E-state index contributed by atoms with van der Waals surface area (Å²) in [5.41, 5.74) is 0. The summed E-state index contributed by atoms with van der Waals surface area (Å²) in [5.74, 6) is -0.0139. The molecule has 0 spiro atoms. The van der Waals surface area contributed by atoms with Gasteiger partial charge in [0, 0.05) is 12.3 Å². The summed E-state index contributed by atoms with van der Waals surface area (Å²) in [4.78, 5) is 0. The second-order valence-corrected chi connectivity index (χ2v) is 1.33. The second-order valence-electron chi connectivity index (χ2n) is 0.956. The zero-order valence-corrected chi connectivity index (χ0v) is 4.13. The summed E-state index contributed by atoms with van der Waals surface area (Å²) in [7, 11) is 0. The van der Waals surface area contributed by atoms with Crippen LogP contribution in [0.3, 0.4) is 0 Å². The van der Waals surface area contributed by atoms with Crippen LogP contribution in [0.2, 0.25) is 0 Å². The molecule has 0 nitrogen and oxygen atoms in total. The van der Waals surface area contributed by atoms with E-state index in [4.69, 9.17) is 11.6 Å². The first-order valence-electron chi connectivity index (χ1n) is 1.66. The molecular formula is C4H6ClF. The molecule has 0 saturated carbocycles. The fraction of sp³-hybridized carbons (Fsp3) is 0.500. The highest BCUT2D eigenvalue weighted by molar-refractivity contribution is 6.17. The average molecular weight is 109 g/mol. The van der Waals surface area contributed by atoms with E-state index in [1.807, 2.05) is 0 Å². The minimum absolute atomic E-state index is 0.279. The second kappa shape index (κ2) is 3.16. The molecule has 0 bridgehead atoms. The molecule has 36 valence electrons. The summed E-state index contributed by atoms with van der Waals surface area (Å²) in [5, 5.41) is 0. The molecule has 0 radical (unpaired) electrons. The first-order chi connectivity index (χ1) is 2.77. The molecule has 0 aliphatic heterocycles. The molecule has 0 aromatic heterocycles. The first kappa shape index (κ1) is 5.96. The van der Waals surface area contributed by atoms with E-state index in [-0.39, 0.29) is 12.2 Å². The van der Waals surface area contributed by atoms with Gasteiger partial charge in [0.05, 0.1) is 5.83 Å². The molecule has 0 N–H and O–H groups in total. The number of allylic oxidation sites excluding steroid dienone is 1. The van der Waals surface area contributed by atoms with Gasteiger partial charge in [-0.15, -0.1) is 11.6 Å². The maximum atomic E-state index is 11.4. The van der Waals surface area contributed by atoms with Crippen LogP contribution in [0.25, 0.3) is 0 Å². The molecule has 0 aliphatic carbocycles. The minimum Gasteiger partial charge on any atom is -0.212 e. The molecule has 0 aromatic carbocycles. The summed E-state index contributed by atoms with van der Waals surface area (Å²) >= 11 is 5.10. The number of hydrogen-bond acceptors (Lipinski definition) is 0. The Balaban J connectivity index is 2.83. The normalized spacial score (nSPS) is 8.33. The van der Waals surface area contributed by atoms with Crippen molar-refractivity contribution >= 4 is 11.6 Å². The maximum absolute atomic E-state index is 11.4. The van der Waals surface area contributed by atoms with Gasteiger partial charge in [-0.25, -0.2) is 4.39 Å². The first-order valence-corrected chi connectivity index (χ1v) is 2.20. The molecule has 0 amide bonds.